The van der Waals surface area contributed by atoms with Crippen LogP contribution >= 0.6 is 0 Å². The zero-order valence-electron chi connectivity index (χ0n) is 8.01. The van der Waals surface area contributed by atoms with Crippen molar-refractivity contribution in [3.05, 3.63) is 30.7 Å². The number of aromatic nitrogens is 2. The molecule has 0 radical (unpaired) electrons. The van der Waals surface area contributed by atoms with Crippen molar-refractivity contribution in [1.29, 1.82) is 0 Å². The fourth-order valence-electron chi connectivity index (χ4n) is 1.17. The zero-order chi connectivity index (χ0) is 9.80. The number of pyridine rings is 1. The lowest BCUT2D eigenvalue weighted by molar-refractivity contribution is 0.0224. The Morgan fingerprint density at radius 1 is 1.43 bits per heavy atom. The number of fused-ring (bicyclic) bond motifs is 1. The number of imidazole rings is 1. The van der Waals surface area contributed by atoms with Crippen LogP contribution < -0.4 is 4.74 Å². The maximum atomic E-state index is 5.35. The second-order valence-electron chi connectivity index (χ2n) is 2.81. The molecule has 0 aliphatic rings. The summed E-state index contributed by atoms with van der Waals surface area (Å²) in [6, 6.07) is 3.76. The minimum absolute atomic E-state index is 0.285. The summed E-state index contributed by atoms with van der Waals surface area (Å²) in [4.78, 5) is 4.15. The van der Waals surface area contributed by atoms with Gasteiger partial charge in [-0.25, -0.2) is 4.98 Å². The average Bonchev–Trinajstić information content (AvgIpc) is 2.65. The number of ether oxygens (including phenoxy) is 2. The normalized spacial score (nSPS) is 10.6. The van der Waals surface area contributed by atoms with Crippen LogP contribution in [-0.2, 0) is 4.74 Å². The fourth-order valence-corrected chi connectivity index (χ4v) is 1.17. The summed E-state index contributed by atoms with van der Waals surface area (Å²) < 4.78 is 12.4. The molecule has 74 valence electrons. The molecule has 0 aliphatic heterocycles. The minimum Gasteiger partial charge on any atom is -0.467 e. The van der Waals surface area contributed by atoms with E-state index in [-0.39, 0.29) is 6.79 Å². The van der Waals surface area contributed by atoms with Crippen LogP contribution in [0.1, 0.15) is 6.92 Å². The molecule has 0 unspecified atom stereocenters. The molecule has 0 aromatic carbocycles. The molecule has 0 bridgehead atoms. The van der Waals surface area contributed by atoms with Crippen LogP contribution in [0.5, 0.6) is 5.75 Å². The zero-order valence-corrected chi connectivity index (χ0v) is 8.01. The van der Waals surface area contributed by atoms with Gasteiger partial charge in [0, 0.05) is 31.3 Å². The first-order valence-corrected chi connectivity index (χ1v) is 4.53. The number of hydrogen-bond donors (Lipinski definition) is 0. The maximum Gasteiger partial charge on any atom is 0.189 e. The van der Waals surface area contributed by atoms with Crippen molar-refractivity contribution < 1.29 is 9.47 Å². The molecule has 0 amide bonds. The Balaban J connectivity index is 2.10. The standard InChI is InChI=1S/C10H12N2O2/c1-2-13-8-14-9-3-5-12-6-4-11-10(12)7-9/h3-7H,2,8H2,1H3. The highest BCUT2D eigenvalue weighted by Gasteiger charge is 1.96. The quantitative estimate of drug-likeness (QED) is 0.546. The first-order valence-electron chi connectivity index (χ1n) is 4.53. The highest BCUT2D eigenvalue weighted by atomic mass is 16.7. The van der Waals surface area contributed by atoms with Crippen LogP contribution in [0.25, 0.3) is 5.65 Å². The summed E-state index contributed by atoms with van der Waals surface area (Å²) in [5.41, 5.74) is 0.874. The number of rotatable bonds is 4. The lowest BCUT2D eigenvalue weighted by Crippen LogP contribution is -2.02. The topological polar surface area (TPSA) is 35.8 Å². The molecule has 14 heavy (non-hydrogen) atoms. The van der Waals surface area contributed by atoms with Gasteiger partial charge in [0.2, 0.25) is 0 Å². The molecule has 0 saturated carbocycles. The van der Waals surface area contributed by atoms with Crippen molar-refractivity contribution in [2.24, 2.45) is 0 Å². The van der Waals surface area contributed by atoms with E-state index in [0.717, 1.165) is 11.4 Å². The van der Waals surface area contributed by atoms with Crippen molar-refractivity contribution in [3.63, 3.8) is 0 Å². The molecule has 2 heterocycles. The first-order chi connectivity index (χ1) is 6.90. The Hall–Kier alpha value is -1.55. The molecule has 0 fully saturated rings. The number of hydrogen-bond acceptors (Lipinski definition) is 3. The van der Waals surface area contributed by atoms with Gasteiger partial charge in [0.25, 0.3) is 0 Å². The molecule has 0 atom stereocenters. The SMILES string of the molecule is CCOCOc1ccn2ccnc2c1. The average molecular weight is 192 g/mol. The van der Waals surface area contributed by atoms with Crippen molar-refractivity contribution in [1.82, 2.24) is 9.38 Å². The van der Waals surface area contributed by atoms with E-state index in [9.17, 15) is 0 Å². The third-order valence-electron chi connectivity index (χ3n) is 1.88. The summed E-state index contributed by atoms with van der Waals surface area (Å²) in [6.45, 7) is 2.88. The Morgan fingerprint density at radius 2 is 2.36 bits per heavy atom. The lowest BCUT2D eigenvalue weighted by Gasteiger charge is -2.05. The molecule has 0 saturated heterocycles. The second kappa shape index (κ2) is 4.11. The van der Waals surface area contributed by atoms with E-state index in [4.69, 9.17) is 9.47 Å². The molecule has 4 heteroatoms. The highest BCUT2D eigenvalue weighted by molar-refractivity contribution is 5.43. The Labute approximate surface area is 82.1 Å². The van der Waals surface area contributed by atoms with Gasteiger partial charge in [-0.1, -0.05) is 0 Å². The molecule has 0 spiro atoms. The Bertz CT molecular complexity index is 411. The maximum absolute atomic E-state index is 5.35. The summed E-state index contributed by atoms with van der Waals surface area (Å²) in [6.07, 6.45) is 5.55. The summed E-state index contributed by atoms with van der Waals surface area (Å²) in [7, 11) is 0. The van der Waals surface area contributed by atoms with Crippen LogP contribution in [-0.4, -0.2) is 22.8 Å². The predicted molar refractivity (Wildman–Crippen MR) is 52.3 cm³/mol. The van der Waals surface area contributed by atoms with Gasteiger partial charge >= 0.3 is 0 Å². The molecule has 0 aliphatic carbocycles. The number of nitrogens with zero attached hydrogens (tertiary/aromatic N) is 2. The molecule has 2 aromatic heterocycles. The molecular weight excluding hydrogens is 180 g/mol. The minimum atomic E-state index is 0.285. The van der Waals surface area contributed by atoms with Crippen LogP contribution in [0.4, 0.5) is 0 Å². The molecule has 4 nitrogen and oxygen atoms in total. The summed E-state index contributed by atoms with van der Waals surface area (Å²) in [5.74, 6) is 0.775. The van der Waals surface area contributed by atoms with Gasteiger partial charge in [-0.2, -0.15) is 0 Å². The van der Waals surface area contributed by atoms with Crippen LogP contribution in [0.2, 0.25) is 0 Å². The summed E-state index contributed by atoms with van der Waals surface area (Å²) >= 11 is 0. The van der Waals surface area contributed by atoms with E-state index in [0.29, 0.717) is 6.61 Å². The fraction of sp³-hybridized carbons (Fsp3) is 0.300. The lowest BCUT2D eigenvalue weighted by atomic mass is 10.4. The van der Waals surface area contributed by atoms with Crippen molar-refractivity contribution >= 4 is 5.65 Å². The molecule has 2 rings (SSSR count). The summed E-state index contributed by atoms with van der Waals surface area (Å²) in [5, 5.41) is 0. The monoisotopic (exact) mass is 192 g/mol. The van der Waals surface area contributed by atoms with Crippen molar-refractivity contribution in [2.75, 3.05) is 13.4 Å². The van der Waals surface area contributed by atoms with Gasteiger partial charge in [0.1, 0.15) is 11.4 Å². The van der Waals surface area contributed by atoms with E-state index in [1.54, 1.807) is 6.20 Å². The third kappa shape index (κ3) is 1.85. The van der Waals surface area contributed by atoms with Gasteiger partial charge in [0.05, 0.1) is 0 Å². The smallest absolute Gasteiger partial charge is 0.189 e. The third-order valence-corrected chi connectivity index (χ3v) is 1.88. The Kier molecular flexibility index (Phi) is 2.65. The van der Waals surface area contributed by atoms with Crippen molar-refractivity contribution in [3.8, 4) is 5.75 Å². The van der Waals surface area contributed by atoms with Crippen LogP contribution in [0, 0.1) is 0 Å². The molecular formula is C10H12N2O2. The Morgan fingerprint density at radius 3 is 3.21 bits per heavy atom. The van der Waals surface area contributed by atoms with Gasteiger partial charge < -0.3 is 13.9 Å². The van der Waals surface area contributed by atoms with Gasteiger partial charge in [-0.3, -0.25) is 0 Å². The molecule has 0 N–H and O–H groups in total. The van der Waals surface area contributed by atoms with E-state index >= 15 is 0 Å². The van der Waals surface area contributed by atoms with E-state index in [2.05, 4.69) is 4.98 Å². The van der Waals surface area contributed by atoms with E-state index in [1.807, 2.05) is 35.9 Å². The first kappa shape index (κ1) is 9.02. The van der Waals surface area contributed by atoms with Gasteiger partial charge in [-0.15, -0.1) is 0 Å². The van der Waals surface area contributed by atoms with E-state index in [1.165, 1.54) is 0 Å². The van der Waals surface area contributed by atoms with Gasteiger partial charge in [-0.05, 0) is 13.0 Å². The second-order valence-corrected chi connectivity index (χ2v) is 2.81. The van der Waals surface area contributed by atoms with E-state index < -0.39 is 0 Å². The van der Waals surface area contributed by atoms with Crippen LogP contribution in [0.15, 0.2) is 30.7 Å². The predicted octanol–water partition coefficient (Wildman–Crippen LogP) is 1.71. The van der Waals surface area contributed by atoms with Crippen LogP contribution in [0.3, 0.4) is 0 Å². The highest BCUT2D eigenvalue weighted by Crippen LogP contribution is 2.12. The van der Waals surface area contributed by atoms with Crippen molar-refractivity contribution in [2.45, 2.75) is 6.92 Å². The van der Waals surface area contributed by atoms with Gasteiger partial charge in [0.15, 0.2) is 6.79 Å². The molecule has 2 aromatic rings. The largest absolute Gasteiger partial charge is 0.467 e.